The first-order valence-electron chi connectivity index (χ1n) is 3.85. The molecule has 0 fully saturated rings. The molecule has 0 aromatic heterocycles. The van der Waals surface area contributed by atoms with Crippen molar-refractivity contribution >= 4 is 23.7 Å². The Labute approximate surface area is 76.3 Å². The maximum atomic E-state index is 4.31. The standard InChI is InChI=1S/C10H9NS/c1-8-6-7-9-4-2-3-5-10(9)12-11-8/h2-7H,1H3. The summed E-state index contributed by atoms with van der Waals surface area (Å²) in [5.74, 6) is 0. The lowest BCUT2D eigenvalue weighted by Crippen LogP contribution is -1.77. The minimum absolute atomic E-state index is 1.07. The topological polar surface area (TPSA) is 12.4 Å². The summed E-state index contributed by atoms with van der Waals surface area (Å²) in [4.78, 5) is 1.23. The largest absolute Gasteiger partial charge is 0.216 e. The summed E-state index contributed by atoms with van der Waals surface area (Å²) < 4.78 is 4.31. The minimum atomic E-state index is 1.07. The Morgan fingerprint density at radius 1 is 1.17 bits per heavy atom. The van der Waals surface area contributed by atoms with Crippen LogP contribution < -0.4 is 0 Å². The molecule has 0 bridgehead atoms. The fourth-order valence-electron chi connectivity index (χ4n) is 1.06. The van der Waals surface area contributed by atoms with Gasteiger partial charge in [-0.15, -0.1) is 0 Å². The van der Waals surface area contributed by atoms with Crippen LogP contribution in [0.15, 0.2) is 39.6 Å². The molecule has 0 N–H and O–H groups in total. The molecule has 1 aliphatic rings. The smallest absolute Gasteiger partial charge is 0.0460 e. The van der Waals surface area contributed by atoms with Crippen molar-refractivity contribution in [2.24, 2.45) is 4.40 Å². The third-order valence-corrected chi connectivity index (χ3v) is 2.66. The maximum absolute atomic E-state index is 4.31. The van der Waals surface area contributed by atoms with Gasteiger partial charge in [-0.05, 0) is 24.6 Å². The van der Waals surface area contributed by atoms with Gasteiger partial charge in [-0.25, -0.2) is 4.40 Å². The molecular formula is C10H9NS. The quantitative estimate of drug-likeness (QED) is 0.552. The summed E-state index contributed by atoms with van der Waals surface area (Å²) in [6.07, 6.45) is 4.15. The zero-order chi connectivity index (χ0) is 8.39. The van der Waals surface area contributed by atoms with Gasteiger partial charge < -0.3 is 0 Å². The van der Waals surface area contributed by atoms with E-state index in [0.717, 1.165) is 5.71 Å². The number of nitrogens with zero attached hydrogens (tertiary/aromatic N) is 1. The number of rotatable bonds is 0. The molecule has 1 aromatic carbocycles. The predicted molar refractivity (Wildman–Crippen MR) is 54.4 cm³/mol. The lowest BCUT2D eigenvalue weighted by molar-refractivity contribution is 1.43. The minimum Gasteiger partial charge on any atom is -0.216 e. The summed E-state index contributed by atoms with van der Waals surface area (Å²) in [7, 11) is 0. The van der Waals surface area contributed by atoms with E-state index in [-0.39, 0.29) is 0 Å². The highest BCUT2D eigenvalue weighted by Gasteiger charge is 2.01. The molecule has 0 spiro atoms. The Balaban J connectivity index is 2.48. The average Bonchev–Trinajstić information content (AvgIpc) is 2.29. The Kier molecular flexibility index (Phi) is 2.00. The van der Waals surface area contributed by atoms with Crippen molar-refractivity contribution < 1.29 is 0 Å². The van der Waals surface area contributed by atoms with Crippen LogP contribution in [0.1, 0.15) is 12.5 Å². The fourth-order valence-corrected chi connectivity index (χ4v) is 1.75. The van der Waals surface area contributed by atoms with Crippen LogP contribution in [0.25, 0.3) is 6.08 Å². The Bertz CT molecular complexity index is 353. The van der Waals surface area contributed by atoms with Crippen molar-refractivity contribution in [3.63, 3.8) is 0 Å². The van der Waals surface area contributed by atoms with Gasteiger partial charge in [-0.2, -0.15) is 0 Å². The summed E-state index contributed by atoms with van der Waals surface area (Å²) in [5, 5.41) is 0. The van der Waals surface area contributed by atoms with Crippen LogP contribution in [0.3, 0.4) is 0 Å². The van der Waals surface area contributed by atoms with Crippen LogP contribution in [0.5, 0.6) is 0 Å². The van der Waals surface area contributed by atoms with Crippen LogP contribution in [-0.4, -0.2) is 5.71 Å². The average molecular weight is 175 g/mol. The van der Waals surface area contributed by atoms with Gasteiger partial charge in [0.15, 0.2) is 0 Å². The van der Waals surface area contributed by atoms with Gasteiger partial charge in [0.1, 0.15) is 0 Å². The number of benzene rings is 1. The van der Waals surface area contributed by atoms with E-state index >= 15 is 0 Å². The first kappa shape index (κ1) is 7.62. The van der Waals surface area contributed by atoms with Gasteiger partial charge in [0, 0.05) is 22.6 Å². The van der Waals surface area contributed by atoms with E-state index < -0.39 is 0 Å². The third kappa shape index (κ3) is 1.43. The number of hydrogen-bond donors (Lipinski definition) is 0. The molecule has 1 heterocycles. The molecule has 1 aromatic rings. The van der Waals surface area contributed by atoms with Crippen molar-refractivity contribution in [2.75, 3.05) is 0 Å². The molecular weight excluding hydrogens is 166 g/mol. The first-order chi connectivity index (χ1) is 5.86. The second-order valence-electron chi connectivity index (χ2n) is 2.70. The van der Waals surface area contributed by atoms with Crippen molar-refractivity contribution in [3.8, 4) is 0 Å². The molecule has 0 saturated carbocycles. The Morgan fingerprint density at radius 2 is 2.00 bits per heavy atom. The summed E-state index contributed by atoms with van der Waals surface area (Å²) >= 11 is 1.54. The second kappa shape index (κ2) is 3.15. The van der Waals surface area contributed by atoms with Gasteiger partial charge in [-0.3, -0.25) is 0 Å². The number of hydrogen-bond acceptors (Lipinski definition) is 2. The van der Waals surface area contributed by atoms with Gasteiger partial charge in [0.25, 0.3) is 0 Å². The van der Waals surface area contributed by atoms with E-state index in [1.165, 1.54) is 10.5 Å². The molecule has 0 unspecified atom stereocenters. The van der Waals surface area contributed by atoms with Crippen LogP contribution in [0.2, 0.25) is 0 Å². The summed E-state index contributed by atoms with van der Waals surface area (Å²) in [6.45, 7) is 2.01. The molecule has 0 aliphatic carbocycles. The van der Waals surface area contributed by atoms with E-state index in [1.54, 1.807) is 11.9 Å². The highest BCUT2D eigenvalue weighted by atomic mass is 32.2. The lowest BCUT2D eigenvalue weighted by atomic mass is 10.2. The van der Waals surface area contributed by atoms with Crippen molar-refractivity contribution in [3.05, 3.63) is 35.9 Å². The van der Waals surface area contributed by atoms with E-state index in [9.17, 15) is 0 Å². The normalized spacial score (nSPS) is 14.9. The van der Waals surface area contributed by atoms with E-state index in [4.69, 9.17) is 0 Å². The van der Waals surface area contributed by atoms with Gasteiger partial charge in [0.2, 0.25) is 0 Å². The predicted octanol–water partition coefficient (Wildman–Crippen LogP) is 3.18. The van der Waals surface area contributed by atoms with Crippen LogP contribution in [-0.2, 0) is 0 Å². The van der Waals surface area contributed by atoms with Crippen LogP contribution >= 0.6 is 11.9 Å². The number of allylic oxidation sites excluding steroid dienone is 1. The SMILES string of the molecule is CC1=NSc2ccccc2C=C1. The second-order valence-corrected chi connectivity index (χ2v) is 3.50. The maximum Gasteiger partial charge on any atom is 0.0460 e. The monoisotopic (exact) mass is 175 g/mol. The molecule has 0 amide bonds. The summed E-state index contributed by atoms with van der Waals surface area (Å²) in [5.41, 5.74) is 2.32. The van der Waals surface area contributed by atoms with Gasteiger partial charge in [0.05, 0.1) is 0 Å². The molecule has 2 rings (SSSR count). The van der Waals surface area contributed by atoms with E-state index in [0.29, 0.717) is 0 Å². The van der Waals surface area contributed by atoms with Crippen molar-refractivity contribution in [1.82, 2.24) is 0 Å². The Morgan fingerprint density at radius 3 is 2.92 bits per heavy atom. The van der Waals surface area contributed by atoms with Gasteiger partial charge >= 0.3 is 0 Å². The van der Waals surface area contributed by atoms with Crippen molar-refractivity contribution in [1.29, 1.82) is 0 Å². The Hall–Kier alpha value is -1.02. The molecule has 60 valence electrons. The van der Waals surface area contributed by atoms with E-state index in [1.807, 2.05) is 25.1 Å². The van der Waals surface area contributed by atoms with Gasteiger partial charge in [-0.1, -0.05) is 24.3 Å². The summed E-state index contributed by atoms with van der Waals surface area (Å²) in [6, 6.07) is 8.28. The molecule has 1 nitrogen and oxygen atoms in total. The van der Waals surface area contributed by atoms with E-state index in [2.05, 4.69) is 22.6 Å². The van der Waals surface area contributed by atoms with Crippen molar-refractivity contribution in [2.45, 2.75) is 11.8 Å². The number of fused-ring (bicyclic) bond motifs is 1. The zero-order valence-electron chi connectivity index (χ0n) is 6.82. The first-order valence-corrected chi connectivity index (χ1v) is 4.62. The molecule has 0 saturated heterocycles. The molecule has 1 aliphatic heterocycles. The highest BCUT2D eigenvalue weighted by Crippen LogP contribution is 2.26. The molecule has 12 heavy (non-hydrogen) atoms. The fraction of sp³-hybridized carbons (Fsp3) is 0.100. The molecule has 2 heteroatoms. The third-order valence-electron chi connectivity index (χ3n) is 1.71. The highest BCUT2D eigenvalue weighted by molar-refractivity contribution is 7.98. The zero-order valence-corrected chi connectivity index (χ0v) is 7.64. The lowest BCUT2D eigenvalue weighted by Gasteiger charge is -1.97. The van der Waals surface area contributed by atoms with Crippen LogP contribution in [0.4, 0.5) is 0 Å². The molecule has 0 radical (unpaired) electrons. The molecule has 0 atom stereocenters. The van der Waals surface area contributed by atoms with Crippen LogP contribution in [0, 0.1) is 0 Å².